The molecule has 40 heavy (non-hydrogen) atoms. The first-order chi connectivity index (χ1) is 19.5. The van der Waals surface area contributed by atoms with Crippen LogP contribution in [0.15, 0.2) is 66.7 Å². The number of rotatable bonds is 8. The Morgan fingerprint density at radius 3 is 2.48 bits per heavy atom. The molecule has 0 bridgehead atoms. The van der Waals surface area contributed by atoms with Gasteiger partial charge in [0.25, 0.3) is 5.91 Å². The Balaban J connectivity index is 1.19. The quantitative estimate of drug-likeness (QED) is 0.281. The number of carbonyl (C=O) groups is 1. The molecule has 3 aromatic carbocycles. The molecule has 1 atom stereocenters. The van der Waals surface area contributed by atoms with Crippen LogP contribution in [0.4, 0.5) is 5.69 Å². The molecule has 0 spiro atoms. The Morgan fingerprint density at radius 2 is 1.80 bits per heavy atom. The summed E-state index contributed by atoms with van der Waals surface area (Å²) >= 11 is 6.50. The fourth-order valence-corrected chi connectivity index (χ4v) is 5.99. The minimum Gasteiger partial charge on any atom is -0.378 e. The molecule has 0 radical (unpaired) electrons. The molecule has 2 N–H and O–H groups in total. The lowest BCUT2D eigenvalue weighted by atomic mass is 9.96. The number of piperazine rings is 1. The normalized spacial score (nSPS) is 17.2. The van der Waals surface area contributed by atoms with Crippen molar-refractivity contribution in [3.05, 3.63) is 82.9 Å². The van der Waals surface area contributed by atoms with Gasteiger partial charge in [-0.1, -0.05) is 55.8 Å². The number of nitrogens with zero attached hydrogens (tertiary/aromatic N) is 3. The minimum atomic E-state index is -0.169. The first-order valence-corrected chi connectivity index (χ1v) is 14.5. The molecule has 0 aliphatic carbocycles. The van der Waals surface area contributed by atoms with E-state index in [4.69, 9.17) is 16.3 Å². The van der Waals surface area contributed by atoms with Gasteiger partial charge in [-0.15, -0.1) is 0 Å². The van der Waals surface area contributed by atoms with Gasteiger partial charge in [-0.05, 0) is 54.3 Å². The summed E-state index contributed by atoms with van der Waals surface area (Å²) in [4.78, 5) is 18.4. The van der Waals surface area contributed by atoms with Crippen molar-refractivity contribution in [2.24, 2.45) is 5.92 Å². The van der Waals surface area contributed by atoms with Gasteiger partial charge >= 0.3 is 0 Å². The Labute approximate surface area is 240 Å². The summed E-state index contributed by atoms with van der Waals surface area (Å²) < 4.78 is 5.36. The number of ether oxygens (including phenoxy) is 1. The molecule has 2 aliphatic rings. The third-order valence-corrected chi connectivity index (χ3v) is 8.42. The van der Waals surface area contributed by atoms with Gasteiger partial charge in [0.15, 0.2) is 0 Å². The van der Waals surface area contributed by atoms with Crippen LogP contribution in [0.5, 0.6) is 0 Å². The molecule has 3 heterocycles. The third-order valence-electron chi connectivity index (χ3n) is 8.08. The van der Waals surface area contributed by atoms with E-state index in [1.165, 1.54) is 5.69 Å². The monoisotopic (exact) mass is 557 g/mol. The average Bonchev–Trinajstić information content (AvgIpc) is 3.36. The fraction of sp³-hybridized carbons (Fsp3) is 0.375. The Hall–Kier alpha value is -3.39. The SMILES string of the molecule is CC(C)C[C@@H](NC(=O)c1ccc2[nH]nc(-c3ccc(N4CCN(C5COC5)CC4)cc3)c2c1)c1ccccc1Cl. The van der Waals surface area contributed by atoms with Crippen molar-refractivity contribution in [2.75, 3.05) is 44.3 Å². The number of halogens is 1. The molecule has 8 heteroatoms. The van der Waals surface area contributed by atoms with Crippen molar-refractivity contribution in [1.29, 1.82) is 0 Å². The zero-order valence-corrected chi connectivity index (χ0v) is 23.8. The topological polar surface area (TPSA) is 73.5 Å². The van der Waals surface area contributed by atoms with E-state index in [-0.39, 0.29) is 11.9 Å². The van der Waals surface area contributed by atoms with Crippen molar-refractivity contribution in [3.8, 4) is 11.3 Å². The number of nitrogens with one attached hydrogen (secondary N) is 2. The molecular formula is C32H36ClN5O2. The van der Waals surface area contributed by atoms with Crippen LogP contribution in [-0.4, -0.2) is 66.4 Å². The number of amides is 1. The molecule has 0 unspecified atom stereocenters. The summed E-state index contributed by atoms with van der Waals surface area (Å²) in [5.41, 5.74) is 5.53. The molecule has 2 aliphatic heterocycles. The van der Waals surface area contributed by atoms with Crippen molar-refractivity contribution in [1.82, 2.24) is 20.4 Å². The molecule has 208 valence electrons. The number of H-pyrrole nitrogens is 1. The number of aromatic nitrogens is 2. The Kier molecular flexibility index (Phi) is 7.78. The smallest absolute Gasteiger partial charge is 0.251 e. The highest BCUT2D eigenvalue weighted by atomic mass is 35.5. The highest BCUT2D eigenvalue weighted by Crippen LogP contribution is 2.31. The lowest BCUT2D eigenvalue weighted by Gasteiger charge is -2.43. The molecule has 2 fully saturated rings. The second-order valence-corrected chi connectivity index (χ2v) is 11.7. The van der Waals surface area contributed by atoms with Crippen LogP contribution in [0.25, 0.3) is 22.2 Å². The second-order valence-electron chi connectivity index (χ2n) is 11.3. The van der Waals surface area contributed by atoms with Gasteiger partial charge in [0, 0.05) is 53.4 Å². The first kappa shape index (κ1) is 26.8. The lowest BCUT2D eigenvalue weighted by Crippen LogP contribution is -2.56. The Morgan fingerprint density at radius 1 is 1.05 bits per heavy atom. The number of aromatic amines is 1. The summed E-state index contributed by atoms with van der Waals surface area (Å²) in [6.45, 7) is 10.2. The fourth-order valence-electron chi connectivity index (χ4n) is 5.72. The summed E-state index contributed by atoms with van der Waals surface area (Å²) in [6.07, 6.45) is 0.797. The van der Waals surface area contributed by atoms with Crippen molar-refractivity contribution in [2.45, 2.75) is 32.4 Å². The van der Waals surface area contributed by atoms with E-state index >= 15 is 0 Å². The van der Waals surface area contributed by atoms with Crippen LogP contribution in [-0.2, 0) is 4.74 Å². The van der Waals surface area contributed by atoms with Gasteiger partial charge in [-0.2, -0.15) is 5.10 Å². The highest BCUT2D eigenvalue weighted by Gasteiger charge is 2.29. The van der Waals surface area contributed by atoms with E-state index in [0.717, 1.165) is 73.5 Å². The minimum absolute atomic E-state index is 0.123. The van der Waals surface area contributed by atoms with E-state index in [0.29, 0.717) is 22.5 Å². The largest absolute Gasteiger partial charge is 0.378 e. The molecule has 0 saturated carbocycles. The van der Waals surface area contributed by atoms with Gasteiger partial charge in [0.2, 0.25) is 0 Å². The van der Waals surface area contributed by atoms with Crippen LogP contribution in [0.1, 0.15) is 42.2 Å². The van der Waals surface area contributed by atoms with E-state index in [1.54, 1.807) is 0 Å². The summed E-state index contributed by atoms with van der Waals surface area (Å²) in [7, 11) is 0. The van der Waals surface area contributed by atoms with Gasteiger partial charge in [0.1, 0.15) is 0 Å². The predicted octanol–water partition coefficient (Wildman–Crippen LogP) is 5.92. The van der Waals surface area contributed by atoms with Crippen LogP contribution >= 0.6 is 11.6 Å². The van der Waals surface area contributed by atoms with Crippen molar-refractivity contribution < 1.29 is 9.53 Å². The third kappa shape index (κ3) is 5.59. The number of fused-ring (bicyclic) bond motifs is 1. The second kappa shape index (κ2) is 11.6. The van der Waals surface area contributed by atoms with Crippen LogP contribution < -0.4 is 10.2 Å². The maximum Gasteiger partial charge on any atom is 0.251 e. The van der Waals surface area contributed by atoms with E-state index in [1.807, 2.05) is 42.5 Å². The molecule has 2 saturated heterocycles. The van der Waals surface area contributed by atoms with Crippen molar-refractivity contribution in [3.63, 3.8) is 0 Å². The zero-order valence-electron chi connectivity index (χ0n) is 23.1. The van der Waals surface area contributed by atoms with E-state index in [9.17, 15) is 4.79 Å². The van der Waals surface area contributed by atoms with Crippen LogP contribution in [0.2, 0.25) is 5.02 Å². The standard InChI is InChI=1S/C32H36ClN5O2/c1-21(2)17-30(26-5-3-4-6-28(26)33)34-32(39)23-9-12-29-27(18-23)31(36-35-29)22-7-10-24(11-8-22)37-13-15-38(16-14-37)25-19-40-20-25/h3-12,18,21,25,30H,13-17,19-20H2,1-2H3,(H,34,39)(H,35,36)/t30-/m1/s1. The maximum absolute atomic E-state index is 13.4. The molecule has 1 aromatic heterocycles. The molecule has 1 amide bonds. The number of hydrogen-bond donors (Lipinski definition) is 2. The van der Waals surface area contributed by atoms with Crippen molar-refractivity contribution >= 4 is 34.1 Å². The number of hydrogen-bond acceptors (Lipinski definition) is 5. The first-order valence-electron chi connectivity index (χ1n) is 14.2. The number of benzene rings is 3. The van der Waals surface area contributed by atoms with Gasteiger partial charge in [0.05, 0.1) is 36.5 Å². The summed E-state index contributed by atoms with van der Waals surface area (Å²) in [5.74, 6) is 0.274. The predicted molar refractivity (Wildman–Crippen MR) is 161 cm³/mol. The molecule has 6 rings (SSSR count). The highest BCUT2D eigenvalue weighted by molar-refractivity contribution is 6.31. The van der Waals surface area contributed by atoms with Crippen LogP contribution in [0, 0.1) is 5.92 Å². The molecule has 7 nitrogen and oxygen atoms in total. The summed E-state index contributed by atoms with van der Waals surface area (Å²) in [5, 5.41) is 12.6. The lowest BCUT2D eigenvalue weighted by molar-refractivity contribution is -0.0660. The zero-order chi connectivity index (χ0) is 27.6. The van der Waals surface area contributed by atoms with E-state index < -0.39 is 0 Å². The Bertz CT molecular complexity index is 1470. The molecular weight excluding hydrogens is 522 g/mol. The molecule has 4 aromatic rings. The van der Waals surface area contributed by atoms with Gasteiger partial charge in [-0.3, -0.25) is 14.8 Å². The summed E-state index contributed by atoms with van der Waals surface area (Å²) in [6, 6.07) is 22.5. The van der Waals surface area contributed by atoms with Gasteiger partial charge in [-0.25, -0.2) is 0 Å². The number of anilines is 1. The maximum atomic E-state index is 13.4. The van der Waals surface area contributed by atoms with Gasteiger partial charge < -0.3 is 15.0 Å². The average molecular weight is 558 g/mol. The van der Waals surface area contributed by atoms with Crippen LogP contribution in [0.3, 0.4) is 0 Å². The number of carbonyl (C=O) groups excluding carboxylic acids is 1. The van der Waals surface area contributed by atoms with E-state index in [2.05, 4.69) is 63.4 Å².